The van der Waals surface area contributed by atoms with Gasteiger partial charge in [-0.25, -0.2) is 4.79 Å². The van der Waals surface area contributed by atoms with Gasteiger partial charge in [0.05, 0.1) is 18.6 Å². The summed E-state index contributed by atoms with van der Waals surface area (Å²) in [6, 6.07) is 9.27. The monoisotopic (exact) mass is 306 g/mol. The molecule has 1 aromatic carbocycles. The van der Waals surface area contributed by atoms with Gasteiger partial charge in [0.15, 0.2) is 0 Å². The summed E-state index contributed by atoms with van der Waals surface area (Å²) in [4.78, 5) is 25.0. The van der Waals surface area contributed by atoms with E-state index in [9.17, 15) is 14.7 Å². The van der Waals surface area contributed by atoms with E-state index in [1.807, 2.05) is 37.3 Å². The first-order valence-electron chi connectivity index (χ1n) is 7.43. The second-order valence-corrected chi connectivity index (χ2v) is 5.70. The van der Waals surface area contributed by atoms with Crippen LogP contribution in [0.3, 0.4) is 0 Å². The third kappa shape index (κ3) is 3.98. The fourth-order valence-corrected chi connectivity index (χ4v) is 2.67. The molecule has 0 radical (unpaired) electrons. The maximum absolute atomic E-state index is 12.2. The summed E-state index contributed by atoms with van der Waals surface area (Å²) in [5.74, 6) is -1.14. The number of aliphatic hydroxyl groups excluding tert-OH is 1. The molecule has 22 heavy (non-hydrogen) atoms. The number of likely N-dealkylation sites (tertiary alicyclic amines) is 1. The van der Waals surface area contributed by atoms with Gasteiger partial charge in [-0.1, -0.05) is 30.3 Å². The van der Waals surface area contributed by atoms with E-state index in [-0.39, 0.29) is 19.2 Å². The van der Waals surface area contributed by atoms with Crippen LogP contribution in [0.25, 0.3) is 0 Å². The molecule has 0 saturated carbocycles. The highest BCUT2D eigenvalue weighted by Crippen LogP contribution is 2.23. The van der Waals surface area contributed by atoms with Crippen LogP contribution in [0.15, 0.2) is 30.3 Å². The van der Waals surface area contributed by atoms with Gasteiger partial charge in [0.1, 0.15) is 6.61 Å². The Hall–Kier alpha value is -2.08. The number of amides is 2. The minimum atomic E-state index is -0.952. The average molecular weight is 306 g/mol. The highest BCUT2D eigenvalue weighted by Gasteiger charge is 2.35. The number of aliphatic hydroxyl groups is 1. The van der Waals surface area contributed by atoms with Gasteiger partial charge in [0, 0.05) is 6.04 Å². The van der Waals surface area contributed by atoms with E-state index in [1.165, 1.54) is 4.90 Å². The van der Waals surface area contributed by atoms with E-state index in [0.29, 0.717) is 12.8 Å². The molecule has 1 aliphatic heterocycles. The Kier molecular flexibility index (Phi) is 5.38. The smallest absolute Gasteiger partial charge is 0.410 e. The van der Waals surface area contributed by atoms with Crippen molar-refractivity contribution in [1.29, 1.82) is 0 Å². The second kappa shape index (κ2) is 7.26. The molecule has 1 aromatic rings. The number of hydrogen-bond acceptors (Lipinski definition) is 4. The van der Waals surface area contributed by atoms with Gasteiger partial charge in [-0.15, -0.1) is 0 Å². The van der Waals surface area contributed by atoms with Crippen LogP contribution in [-0.2, 0) is 16.1 Å². The molecule has 2 rings (SSSR count). The fraction of sp³-hybridized carbons (Fsp3) is 0.500. The number of nitrogens with two attached hydrogens (primary N) is 1. The number of carbonyl (C=O) groups excluding carboxylic acids is 2. The van der Waals surface area contributed by atoms with Gasteiger partial charge in [-0.2, -0.15) is 0 Å². The van der Waals surface area contributed by atoms with Gasteiger partial charge in [0.25, 0.3) is 0 Å². The van der Waals surface area contributed by atoms with Crippen LogP contribution < -0.4 is 5.73 Å². The number of ether oxygens (including phenoxy) is 1. The quantitative estimate of drug-likeness (QED) is 0.879. The van der Waals surface area contributed by atoms with Crippen LogP contribution in [0.4, 0.5) is 4.79 Å². The van der Waals surface area contributed by atoms with E-state index < -0.39 is 24.0 Å². The fourth-order valence-electron chi connectivity index (χ4n) is 2.67. The first kappa shape index (κ1) is 16.3. The summed E-state index contributed by atoms with van der Waals surface area (Å²) in [6.45, 7) is 2.11. The Labute approximate surface area is 129 Å². The van der Waals surface area contributed by atoms with Gasteiger partial charge in [-0.3, -0.25) is 4.79 Å². The largest absolute Gasteiger partial charge is 0.445 e. The molecule has 1 saturated heterocycles. The van der Waals surface area contributed by atoms with E-state index in [1.54, 1.807) is 0 Å². The predicted molar refractivity (Wildman–Crippen MR) is 80.7 cm³/mol. The second-order valence-electron chi connectivity index (χ2n) is 5.70. The highest BCUT2D eigenvalue weighted by molar-refractivity contribution is 5.77. The molecule has 3 unspecified atom stereocenters. The molecule has 120 valence electrons. The van der Waals surface area contributed by atoms with Crippen molar-refractivity contribution in [2.24, 2.45) is 11.7 Å². The van der Waals surface area contributed by atoms with Crippen molar-refractivity contribution in [1.82, 2.24) is 4.90 Å². The molecule has 3 N–H and O–H groups in total. The Morgan fingerprint density at radius 3 is 2.64 bits per heavy atom. The van der Waals surface area contributed by atoms with Crippen LogP contribution in [0.2, 0.25) is 0 Å². The maximum atomic E-state index is 12.2. The summed E-state index contributed by atoms with van der Waals surface area (Å²) in [6.07, 6.45) is -0.363. The number of rotatable bonds is 3. The molecule has 3 atom stereocenters. The average Bonchev–Trinajstić information content (AvgIpc) is 2.65. The van der Waals surface area contributed by atoms with E-state index in [0.717, 1.165) is 5.56 Å². The topological polar surface area (TPSA) is 92.9 Å². The molecule has 1 aliphatic rings. The lowest BCUT2D eigenvalue weighted by atomic mass is 9.96. The molecule has 2 amide bonds. The molecule has 0 spiro atoms. The van der Waals surface area contributed by atoms with Crippen molar-refractivity contribution in [3.8, 4) is 0 Å². The molecule has 6 nitrogen and oxygen atoms in total. The van der Waals surface area contributed by atoms with Crippen LogP contribution >= 0.6 is 0 Å². The Morgan fingerprint density at radius 2 is 2.00 bits per heavy atom. The molecule has 0 aliphatic carbocycles. The number of β-amino-alcohol motifs (C(OH)–C–C–N with tert-alkyl or cyclic N) is 1. The van der Waals surface area contributed by atoms with E-state index >= 15 is 0 Å². The van der Waals surface area contributed by atoms with Crippen molar-refractivity contribution in [3.05, 3.63) is 35.9 Å². The number of carbonyl (C=O) groups is 2. The van der Waals surface area contributed by atoms with Crippen LogP contribution in [-0.4, -0.2) is 40.7 Å². The summed E-state index contributed by atoms with van der Waals surface area (Å²) >= 11 is 0. The summed E-state index contributed by atoms with van der Waals surface area (Å²) in [5, 5.41) is 10.1. The van der Waals surface area contributed by atoms with Crippen molar-refractivity contribution in [2.75, 3.05) is 6.54 Å². The van der Waals surface area contributed by atoms with Gasteiger partial charge in [-0.05, 0) is 25.3 Å². The SMILES string of the molecule is CC1CCC(C(N)=O)C(O)CN1C(=O)OCc1ccccc1. The Bertz CT molecular complexity index is 520. The summed E-state index contributed by atoms with van der Waals surface area (Å²) in [5.41, 5.74) is 6.19. The standard InChI is InChI=1S/C16H22N2O4/c1-11-7-8-13(15(17)20)14(19)9-18(11)16(21)22-10-12-5-3-2-4-6-12/h2-6,11,13-14,19H,7-10H2,1H3,(H2,17,20). The lowest BCUT2D eigenvalue weighted by molar-refractivity contribution is -0.125. The van der Waals surface area contributed by atoms with Crippen LogP contribution in [0.5, 0.6) is 0 Å². The van der Waals surface area contributed by atoms with E-state index in [2.05, 4.69) is 0 Å². The van der Waals surface area contributed by atoms with Crippen molar-refractivity contribution >= 4 is 12.0 Å². The van der Waals surface area contributed by atoms with E-state index in [4.69, 9.17) is 10.5 Å². The first-order chi connectivity index (χ1) is 10.5. The zero-order valence-corrected chi connectivity index (χ0v) is 12.6. The van der Waals surface area contributed by atoms with Crippen LogP contribution in [0, 0.1) is 5.92 Å². The highest BCUT2D eigenvalue weighted by atomic mass is 16.6. The third-order valence-electron chi connectivity index (χ3n) is 4.08. The molecule has 6 heteroatoms. The molecule has 0 bridgehead atoms. The van der Waals surface area contributed by atoms with Gasteiger partial charge < -0.3 is 20.5 Å². The molecule has 0 aromatic heterocycles. The minimum Gasteiger partial charge on any atom is -0.445 e. The third-order valence-corrected chi connectivity index (χ3v) is 4.08. The summed E-state index contributed by atoms with van der Waals surface area (Å²) < 4.78 is 5.30. The lowest BCUT2D eigenvalue weighted by Crippen LogP contribution is -2.44. The molecule has 1 fully saturated rings. The zero-order valence-electron chi connectivity index (χ0n) is 12.6. The normalized spacial score (nSPS) is 25.4. The number of hydrogen-bond donors (Lipinski definition) is 2. The minimum absolute atomic E-state index is 0.0579. The number of primary amides is 1. The zero-order chi connectivity index (χ0) is 16.1. The molecular weight excluding hydrogens is 284 g/mol. The Balaban J connectivity index is 1.97. The van der Waals surface area contributed by atoms with Crippen molar-refractivity contribution < 1.29 is 19.4 Å². The number of benzene rings is 1. The summed E-state index contributed by atoms with van der Waals surface area (Å²) in [7, 11) is 0. The van der Waals surface area contributed by atoms with Gasteiger partial charge in [0.2, 0.25) is 5.91 Å². The number of nitrogens with zero attached hydrogens (tertiary/aromatic N) is 1. The molecular formula is C16H22N2O4. The van der Waals surface area contributed by atoms with Crippen molar-refractivity contribution in [3.63, 3.8) is 0 Å². The van der Waals surface area contributed by atoms with Crippen molar-refractivity contribution in [2.45, 2.75) is 38.5 Å². The predicted octanol–water partition coefficient (Wildman–Crippen LogP) is 1.27. The van der Waals surface area contributed by atoms with Crippen LogP contribution in [0.1, 0.15) is 25.3 Å². The Morgan fingerprint density at radius 1 is 1.32 bits per heavy atom. The maximum Gasteiger partial charge on any atom is 0.410 e. The lowest BCUT2D eigenvalue weighted by Gasteiger charge is -2.27. The molecule has 1 heterocycles. The van der Waals surface area contributed by atoms with Gasteiger partial charge >= 0.3 is 6.09 Å². The first-order valence-corrected chi connectivity index (χ1v) is 7.43.